The van der Waals surface area contributed by atoms with Crippen molar-refractivity contribution >= 4 is 12.4 Å². The third kappa shape index (κ3) is 3.68. The van der Waals surface area contributed by atoms with Gasteiger partial charge in [-0.05, 0) is 18.1 Å². The van der Waals surface area contributed by atoms with E-state index in [-0.39, 0.29) is 18.4 Å². The van der Waals surface area contributed by atoms with Gasteiger partial charge in [-0.3, -0.25) is 0 Å². The molecule has 2 N–H and O–H groups in total. The van der Waals surface area contributed by atoms with Crippen LogP contribution in [0.2, 0.25) is 0 Å². The molecule has 0 amide bonds. The van der Waals surface area contributed by atoms with E-state index in [4.69, 9.17) is 5.73 Å². The van der Waals surface area contributed by atoms with E-state index in [1.807, 2.05) is 6.92 Å². The Morgan fingerprint density at radius 1 is 1.31 bits per heavy atom. The van der Waals surface area contributed by atoms with Crippen molar-refractivity contribution in [2.45, 2.75) is 32.2 Å². The minimum absolute atomic E-state index is 0. The average molecular weight is 254 g/mol. The summed E-state index contributed by atoms with van der Waals surface area (Å²) in [5.41, 5.74) is 5.75. The summed E-state index contributed by atoms with van der Waals surface area (Å²) < 4.78 is 37.6. The van der Waals surface area contributed by atoms with E-state index in [0.29, 0.717) is 12.0 Å². The lowest BCUT2D eigenvalue weighted by molar-refractivity contribution is 0.146. The Labute approximate surface area is 99.2 Å². The summed E-state index contributed by atoms with van der Waals surface area (Å²) in [6.07, 6.45) is -1.19. The number of alkyl halides is 2. The van der Waals surface area contributed by atoms with E-state index in [0.717, 1.165) is 18.6 Å². The average Bonchev–Trinajstić information content (AvgIpc) is 2.17. The molecule has 1 aromatic rings. The zero-order chi connectivity index (χ0) is 11.4. The second kappa shape index (κ2) is 6.76. The summed E-state index contributed by atoms with van der Waals surface area (Å²) >= 11 is 0. The van der Waals surface area contributed by atoms with Crippen molar-refractivity contribution in [3.63, 3.8) is 0 Å². The van der Waals surface area contributed by atoms with Gasteiger partial charge < -0.3 is 5.73 Å². The highest BCUT2D eigenvalue weighted by molar-refractivity contribution is 5.85. The van der Waals surface area contributed by atoms with Crippen LogP contribution in [0, 0.1) is 5.82 Å². The lowest BCUT2D eigenvalue weighted by atomic mass is 10.0. The summed E-state index contributed by atoms with van der Waals surface area (Å²) in [7, 11) is 0. The highest BCUT2D eigenvalue weighted by Crippen LogP contribution is 2.25. The van der Waals surface area contributed by atoms with Gasteiger partial charge in [0.05, 0.1) is 5.56 Å². The number of rotatable bonds is 4. The monoisotopic (exact) mass is 253 g/mol. The number of benzene rings is 1. The predicted molar refractivity (Wildman–Crippen MR) is 60.4 cm³/mol. The Kier molecular flexibility index (Phi) is 6.45. The van der Waals surface area contributed by atoms with E-state index >= 15 is 0 Å². The molecule has 0 aliphatic heterocycles. The molecular weight excluding hydrogens is 239 g/mol. The molecule has 0 saturated carbocycles. The summed E-state index contributed by atoms with van der Waals surface area (Å²) in [6.45, 7) is 1.96. The molecule has 5 heteroatoms. The molecule has 0 unspecified atom stereocenters. The molecule has 0 bridgehead atoms. The van der Waals surface area contributed by atoms with Gasteiger partial charge in [-0.2, -0.15) is 0 Å². The lowest BCUT2D eigenvalue weighted by Crippen LogP contribution is -2.10. The van der Waals surface area contributed by atoms with Crippen LogP contribution in [0.4, 0.5) is 13.2 Å². The maximum Gasteiger partial charge on any atom is 0.266 e. The second-order valence-corrected chi connectivity index (χ2v) is 3.48. The molecule has 0 heterocycles. The number of nitrogens with two attached hydrogens (primary N) is 1. The van der Waals surface area contributed by atoms with Gasteiger partial charge in [0.15, 0.2) is 0 Å². The van der Waals surface area contributed by atoms with Gasteiger partial charge in [0, 0.05) is 6.04 Å². The third-order valence-corrected chi connectivity index (χ3v) is 2.29. The van der Waals surface area contributed by atoms with Gasteiger partial charge in [-0.15, -0.1) is 12.4 Å². The standard InChI is InChI=1S/C11H14F3N.ClH/c1-2-3-10(15)7-4-5-8(11(13)14)9(12)6-7;/h4-6,10-11H,2-3,15H2,1H3;1H/t10-;/m0./s1. The maximum atomic E-state index is 13.2. The van der Waals surface area contributed by atoms with Crippen molar-refractivity contribution in [1.82, 2.24) is 0 Å². The SMILES string of the molecule is CCC[C@H](N)c1ccc(C(F)F)c(F)c1.Cl. The Morgan fingerprint density at radius 3 is 2.38 bits per heavy atom. The molecule has 1 nitrogen and oxygen atoms in total. The van der Waals surface area contributed by atoms with Gasteiger partial charge in [-0.25, -0.2) is 13.2 Å². The largest absolute Gasteiger partial charge is 0.324 e. The first-order valence-corrected chi connectivity index (χ1v) is 4.89. The fourth-order valence-electron chi connectivity index (χ4n) is 1.43. The van der Waals surface area contributed by atoms with E-state index < -0.39 is 17.8 Å². The minimum atomic E-state index is -2.78. The van der Waals surface area contributed by atoms with Crippen LogP contribution in [0.1, 0.15) is 43.4 Å². The van der Waals surface area contributed by atoms with Crippen LogP contribution < -0.4 is 5.73 Å². The van der Waals surface area contributed by atoms with Crippen LogP contribution in [-0.4, -0.2) is 0 Å². The van der Waals surface area contributed by atoms with E-state index in [1.165, 1.54) is 6.07 Å². The molecule has 0 spiro atoms. The zero-order valence-corrected chi connectivity index (χ0v) is 9.74. The van der Waals surface area contributed by atoms with Crippen LogP contribution >= 0.6 is 12.4 Å². The van der Waals surface area contributed by atoms with Crippen LogP contribution in [0.15, 0.2) is 18.2 Å². The van der Waals surface area contributed by atoms with Crippen molar-refractivity contribution in [1.29, 1.82) is 0 Å². The molecule has 92 valence electrons. The molecule has 0 aliphatic rings. The van der Waals surface area contributed by atoms with Crippen molar-refractivity contribution in [3.8, 4) is 0 Å². The first-order chi connectivity index (χ1) is 7.06. The molecule has 1 aromatic carbocycles. The molecule has 16 heavy (non-hydrogen) atoms. The predicted octanol–water partition coefficient (Wildman–Crippen LogP) is 3.99. The van der Waals surface area contributed by atoms with Gasteiger partial charge in [0.2, 0.25) is 0 Å². The van der Waals surface area contributed by atoms with Crippen LogP contribution in [0.5, 0.6) is 0 Å². The molecule has 0 saturated heterocycles. The zero-order valence-electron chi connectivity index (χ0n) is 8.92. The van der Waals surface area contributed by atoms with Gasteiger partial charge in [0.25, 0.3) is 6.43 Å². The molecule has 0 aliphatic carbocycles. The van der Waals surface area contributed by atoms with Crippen LogP contribution in [-0.2, 0) is 0 Å². The van der Waals surface area contributed by atoms with E-state index in [9.17, 15) is 13.2 Å². The summed E-state index contributed by atoms with van der Waals surface area (Å²) in [5, 5.41) is 0. The third-order valence-electron chi connectivity index (χ3n) is 2.29. The van der Waals surface area contributed by atoms with Gasteiger partial charge >= 0.3 is 0 Å². The highest BCUT2D eigenvalue weighted by Gasteiger charge is 2.15. The number of halogens is 4. The Morgan fingerprint density at radius 2 is 1.94 bits per heavy atom. The number of hydrogen-bond acceptors (Lipinski definition) is 1. The van der Waals surface area contributed by atoms with Gasteiger partial charge in [-0.1, -0.05) is 25.5 Å². The molecule has 0 aromatic heterocycles. The fourth-order valence-corrected chi connectivity index (χ4v) is 1.43. The topological polar surface area (TPSA) is 26.0 Å². The van der Waals surface area contributed by atoms with E-state index in [2.05, 4.69) is 0 Å². The lowest BCUT2D eigenvalue weighted by Gasteiger charge is -2.12. The Bertz CT molecular complexity index is 331. The number of hydrogen-bond donors (Lipinski definition) is 1. The Hall–Kier alpha value is -0.740. The second-order valence-electron chi connectivity index (χ2n) is 3.48. The molecule has 0 fully saturated rings. The van der Waals surface area contributed by atoms with Crippen molar-refractivity contribution in [3.05, 3.63) is 35.1 Å². The van der Waals surface area contributed by atoms with Crippen molar-refractivity contribution in [2.75, 3.05) is 0 Å². The normalized spacial score (nSPS) is 12.4. The maximum absolute atomic E-state index is 13.2. The fraction of sp³-hybridized carbons (Fsp3) is 0.455. The first-order valence-electron chi connectivity index (χ1n) is 4.89. The van der Waals surface area contributed by atoms with Gasteiger partial charge in [0.1, 0.15) is 5.82 Å². The summed E-state index contributed by atoms with van der Waals surface area (Å²) in [6, 6.07) is 3.38. The van der Waals surface area contributed by atoms with Crippen LogP contribution in [0.3, 0.4) is 0 Å². The van der Waals surface area contributed by atoms with Crippen molar-refractivity contribution in [2.24, 2.45) is 5.73 Å². The molecule has 1 rings (SSSR count). The summed E-state index contributed by atoms with van der Waals surface area (Å²) in [5.74, 6) is -0.881. The minimum Gasteiger partial charge on any atom is -0.324 e. The highest BCUT2D eigenvalue weighted by atomic mass is 35.5. The molecule has 0 radical (unpaired) electrons. The van der Waals surface area contributed by atoms with Crippen molar-refractivity contribution < 1.29 is 13.2 Å². The van der Waals surface area contributed by atoms with E-state index in [1.54, 1.807) is 0 Å². The quantitative estimate of drug-likeness (QED) is 0.863. The van der Waals surface area contributed by atoms with Crippen LogP contribution in [0.25, 0.3) is 0 Å². The molecule has 1 atom stereocenters. The first kappa shape index (κ1) is 15.3. The Balaban J connectivity index is 0.00000225. The molecular formula is C11H15ClF3N. The summed E-state index contributed by atoms with van der Waals surface area (Å²) in [4.78, 5) is 0. The smallest absolute Gasteiger partial charge is 0.266 e.